The van der Waals surface area contributed by atoms with Crippen LogP contribution in [0.3, 0.4) is 0 Å². The first kappa shape index (κ1) is 49.7. The fraction of sp³-hybridized carbons (Fsp3) is 0.289. The topological polar surface area (TPSA) is 29.5 Å². The fourth-order valence-corrected chi connectivity index (χ4v) is 15.4. The third kappa shape index (κ3) is 7.44. The zero-order chi connectivity index (χ0) is 53.8. The third-order valence-electron chi connectivity index (χ3n) is 19.2. The lowest BCUT2D eigenvalue weighted by molar-refractivity contribution is 0.399. The maximum absolute atomic E-state index is 7.06. The second-order valence-corrected chi connectivity index (χ2v) is 24.6. The molecule has 0 N–H and O–H groups in total. The van der Waals surface area contributed by atoms with Crippen molar-refractivity contribution in [3.8, 4) is 44.5 Å². The van der Waals surface area contributed by atoms with E-state index in [-0.39, 0.29) is 16.2 Å². The van der Waals surface area contributed by atoms with Crippen LogP contribution in [0, 0.1) is 6.92 Å². The number of hydrogen-bond acceptors (Lipinski definition) is 3. The molecule has 14 rings (SSSR count). The van der Waals surface area contributed by atoms with Crippen LogP contribution in [0.25, 0.3) is 88.4 Å². The molecule has 0 saturated carbocycles. The van der Waals surface area contributed by atoms with Crippen molar-refractivity contribution in [3.05, 3.63) is 209 Å². The van der Waals surface area contributed by atoms with Gasteiger partial charge in [0.15, 0.2) is 0 Å². The van der Waals surface area contributed by atoms with Gasteiger partial charge in [-0.1, -0.05) is 227 Å². The van der Waals surface area contributed by atoms with E-state index in [0.717, 1.165) is 35.2 Å². The van der Waals surface area contributed by atoms with Gasteiger partial charge in [-0.05, 0) is 141 Å². The van der Waals surface area contributed by atoms with Crippen molar-refractivity contribution >= 4 is 60.9 Å². The van der Waals surface area contributed by atoms with E-state index in [1.165, 1.54) is 186 Å². The van der Waals surface area contributed by atoms with Crippen molar-refractivity contribution < 1.29 is 8.83 Å². The number of benzene rings is 9. The first-order chi connectivity index (χ1) is 38.6. The van der Waals surface area contributed by atoms with Crippen molar-refractivity contribution in [2.75, 3.05) is 4.90 Å². The predicted molar refractivity (Wildman–Crippen MR) is 334 cm³/mol. The smallest absolute Gasteiger partial charge is 0.144 e. The summed E-state index contributed by atoms with van der Waals surface area (Å²) in [6, 6.07) is 64.2. The van der Waals surface area contributed by atoms with Crippen molar-refractivity contribution in [3.63, 3.8) is 0 Å². The second kappa shape index (κ2) is 19.0. The van der Waals surface area contributed by atoms with Gasteiger partial charge in [-0.15, -0.1) is 0 Å². The van der Waals surface area contributed by atoms with Crippen LogP contribution in [0.1, 0.15) is 158 Å². The first-order valence-corrected chi connectivity index (χ1v) is 29.9. The van der Waals surface area contributed by atoms with Gasteiger partial charge in [0, 0.05) is 66.0 Å². The molecule has 0 radical (unpaired) electrons. The lowest BCUT2D eigenvalue weighted by Crippen LogP contribution is -2.26. The molecule has 3 heteroatoms. The van der Waals surface area contributed by atoms with E-state index < -0.39 is 0 Å². The molecule has 0 fully saturated rings. The number of nitrogens with zero attached hydrogens (tertiary/aromatic N) is 1. The maximum atomic E-state index is 7.06. The maximum Gasteiger partial charge on any atom is 0.144 e. The summed E-state index contributed by atoms with van der Waals surface area (Å²) in [5.41, 5.74) is 26.8. The Hall–Kier alpha value is -7.62. The van der Waals surface area contributed by atoms with Gasteiger partial charge in [0.1, 0.15) is 22.3 Å². The minimum Gasteiger partial charge on any atom is -0.455 e. The van der Waals surface area contributed by atoms with Gasteiger partial charge in [0.05, 0.1) is 0 Å². The monoisotopic (exact) mass is 1030 g/mol. The average Bonchev–Trinajstić information content (AvgIpc) is 1.84. The van der Waals surface area contributed by atoms with E-state index in [2.05, 4.69) is 223 Å². The van der Waals surface area contributed by atoms with Gasteiger partial charge in [-0.2, -0.15) is 0 Å². The summed E-state index contributed by atoms with van der Waals surface area (Å²) < 4.78 is 14.1. The number of hydrogen-bond donors (Lipinski definition) is 0. The largest absolute Gasteiger partial charge is 0.455 e. The number of fused-ring (bicyclic) bond motifs is 19. The highest BCUT2D eigenvalue weighted by atomic mass is 16.3. The van der Waals surface area contributed by atoms with Crippen LogP contribution in [-0.2, 0) is 16.2 Å². The van der Waals surface area contributed by atoms with E-state index in [4.69, 9.17) is 8.83 Å². The molecule has 0 amide bonds. The van der Waals surface area contributed by atoms with Gasteiger partial charge >= 0.3 is 0 Å². The Bertz CT molecular complexity index is 4180. The standard InChI is InChI=1S/C76H73NO2/c1-8-10-12-14-27-43-76(44-28-15-13-11-9-2)60-46-51(40-42-54(60)65-61(76)47-57(49-30-17-16-18-31-49)72-67(65)55-33-21-25-37-63(55)78-72)77(62-36-24-19-29-48(62)3)50-39-41-53-59(45-50)75(6,7)70-66(53)68-56-34-22-26-38-64(56)79-73(68)69-52-32-20-23-35-58(52)74(4,5)71(69)70/h16-26,29-42,45-47H,8-15,27-28,43-44H2,1-7H3. The molecule has 0 spiro atoms. The number of rotatable bonds is 16. The Morgan fingerprint density at radius 3 is 1.59 bits per heavy atom. The highest BCUT2D eigenvalue weighted by Gasteiger charge is 2.49. The first-order valence-electron chi connectivity index (χ1n) is 29.9. The normalized spacial score (nSPS) is 14.9. The Balaban J connectivity index is 1.00. The summed E-state index contributed by atoms with van der Waals surface area (Å²) in [4.78, 5) is 2.59. The van der Waals surface area contributed by atoms with E-state index in [1.54, 1.807) is 0 Å². The van der Waals surface area contributed by atoms with Crippen LogP contribution in [0.15, 0.2) is 179 Å². The summed E-state index contributed by atoms with van der Waals surface area (Å²) in [7, 11) is 0. The lowest BCUT2D eigenvalue weighted by Gasteiger charge is -2.35. The minimum absolute atomic E-state index is 0.197. The van der Waals surface area contributed by atoms with E-state index in [0.29, 0.717) is 0 Å². The predicted octanol–water partition coefficient (Wildman–Crippen LogP) is 22.5. The van der Waals surface area contributed by atoms with Gasteiger partial charge in [-0.3, -0.25) is 0 Å². The van der Waals surface area contributed by atoms with Gasteiger partial charge in [0.25, 0.3) is 0 Å². The number of furan rings is 2. The lowest BCUT2D eigenvalue weighted by atomic mass is 9.70. The highest BCUT2D eigenvalue weighted by Crippen LogP contribution is 2.65. The molecule has 11 aromatic rings. The van der Waals surface area contributed by atoms with E-state index in [9.17, 15) is 0 Å². The van der Waals surface area contributed by atoms with Gasteiger partial charge < -0.3 is 13.7 Å². The molecule has 3 aliphatic carbocycles. The van der Waals surface area contributed by atoms with Gasteiger partial charge in [-0.25, -0.2) is 0 Å². The van der Waals surface area contributed by atoms with Crippen LogP contribution in [0.4, 0.5) is 17.1 Å². The van der Waals surface area contributed by atoms with Crippen LogP contribution in [0.5, 0.6) is 0 Å². The van der Waals surface area contributed by atoms with E-state index in [1.807, 2.05) is 0 Å². The molecule has 394 valence electrons. The quantitative estimate of drug-likeness (QED) is 0.0903. The Labute approximate surface area is 467 Å². The van der Waals surface area contributed by atoms with E-state index >= 15 is 0 Å². The van der Waals surface area contributed by atoms with Crippen molar-refractivity contribution in [1.82, 2.24) is 0 Å². The van der Waals surface area contributed by atoms with Crippen LogP contribution in [0.2, 0.25) is 0 Å². The summed E-state index contributed by atoms with van der Waals surface area (Å²) in [5, 5.41) is 4.88. The Morgan fingerprint density at radius 2 is 0.924 bits per heavy atom. The highest BCUT2D eigenvalue weighted by molar-refractivity contribution is 6.21. The zero-order valence-electron chi connectivity index (χ0n) is 47.4. The minimum atomic E-state index is -0.326. The van der Waals surface area contributed by atoms with Gasteiger partial charge in [0.2, 0.25) is 0 Å². The number of aryl methyl sites for hydroxylation is 1. The molecule has 2 heterocycles. The van der Waals surface area contributed by atoms with Crippen molar-refractivity contribution in [1.29, 1.82) is 0 Å². The molecule has 3 nitrogen and oxygen atoms in total. The molecule has 2 aromatic heterocycles. The molecule has 0 aliphatic heterocycles. The van der Waals surface area contributed by atoms with Crippen LogP contribution >= 0.6 is 0 Å². The molecule has 0 bridgehead atoms. The third-order valence-corrected chi connectivity index (χ3v) is 19.2. The number of para-hydroxylation sites is 3. The van der Waals surface area contributed by atoms with Crippen molar-refractivity contribution in [2.24, 2.45) is 0 Å². The molecular weight excluding hydrogens is 959 g/mol. The van der Waals surface area contributed by atoms with Crippen LogP contribution in [-0.4, -0.2) is 0 Å². The molecule has 3 aliphatic rings. The molecule has 79 heavy (non-hydrogen) atoms. The molecule has 9 aromatic carbocycles. The number of unbranched alkanes of at least 4 members (excludes halogenated alkanes) is 8. The Morgan fingerprint density at radius 1 is 0.405 bits per heavy atom. The molecular formula is C76H73NO2. The summed E-state index contributed by atoms with van der Waals surface area (Å²) >= 11 is 0. The summed E-state index contributed by atoms with van der Waals surface area (Å²) in [6.07, 6.45) is 14.7. The SMILES string of the molecule is CCCCCCCC1(CCCCCCC)c2cc(N(c3ccc4c(c3)C(C)(C)c3c5c(c6oc7ccccc7c6c3-4)-c3ccccc3C5(C)C)c3ccccc3C)ccc2-c2c1cc(-c1ccccc1)c1oc3ccccc3c21. The molecule has 0 unspecified atom stereocenters. The van der Waals surface area contributed by atoms with Crippen molar-refractivity contribution in [2.45, 2.75) is 142 Å². The summed E-state index contributed by atoms with van der Waals surface area (Å²) in [6.45, 7) is 16.8. The fourth-order valence-electron chi connectivity index (χ4n) is 15.4. The number of anilines is 3. The second-order valence-electron chi connectivity index (χ2n) is 24.6. The molecule has 0 saturated heterocycles. The average molecular weight is 1030 g/mol. The summed E-state index contributed by atoms with van der Waals surface area (Å²) in [5.74, 6) is 0. The van der Waals surface area contributed by atoms with Crippen LogP contribution < -0.4 is 4.90 Å². The molecule has 0 atom stereocenters. The zero-order valence-corrected chi connectivity index (χ0v) is 47.4. The Kier molecular flexibility index (Phi) is 12.0.